The minimum Gasteiger partial charge on any atom is -0.354 e. The highest BCUT2D eigenvalue weighted by Crippen LogP contribution is 2.35. The van der Waals surface area contributed by atoms with Gasteiger partial charge in [0.1, 0.15) is 7.85 Å². The normalized spacial score (nSPS) is 11.6. The van der Waals surface area contributed by atoms with E-state index in [4.69, 9.17) is 7.85 Å². The fourth-order valence-corrected chi connectivity index (χ4v) is 3.28. The molecule has 19 heavy (non-hydrogen) atoms. The van der Waals surface area contributed by atoms with Crippen molar-refractivity contribution in [1.29, 1.82) is 0 Å². The van der Waals surface area contributed by atoms with E-state index in [-0.39, 0.29) is 0 Å². The lowest BCUT2D eigenvalue weighted by molar-refractivity contribution is 1.56. The first-order valence-corrected chi connectivity index (χ1v) is 6.91. The Hall–Kier alpha value is -1.74. The Morgan fingerprint density at radius 1 is 0.842 bits per heavy atom. The van der Waals surface area contributed by atoms with Crippen LogP contribution in [0.2, 0.25) is 0 Å². The molecule has 1 N–H and O–H groups in total. The third-order valence-corrected chi connectivity index (χ3v) is 4.24. The molecule has 2 radical (unpaired) electrons. The first kappa shape index (κ1) is 11.1. The van der Waals surface area contributed by atoms with Crippen LogP contribution in [0.4, 0.5) is 0 Å². The van der Waals surface area contributed by atoms with Crippen molar-refractivity contribution >= 4 is 61.8 Å². The molecule has 3 heteroatoms. The number of benzene rings is 3. The van der Waals surface area contributed by atoms with Crippen molar-refractivity contribution < 1.29 is 0 Å². The van der Waals surface area contributed by atoms with Crippen molar-refractivity contribution in [3.05, 3.63) is 53.0 Å². The van der Waals surface area contributed by atoms with Crippen LogP contribution in [0.3, 0.4) is 0 Å². The van der Waals surface area contributed by atoms with E-state index < -0.39 is 0 Å². The van der Waals surface area contributed by atoms with Gasteiger partial charge in [0, 0.05) is 26.1 Å². The second-order valence-electron chi connectivity index (χ2n) is 4.76. The van der Waals surface area contributed by atoms with Crippen LogP contribution < -0.4 is 5.46 Å². The Kier molecular flexibility index (Phi) is 2.27. The van der Waals surface area contributed by atoms with Crippen LogP contribution in [0.1, 0.15) is 0 Å². The van der Waals surface area contributed by atoms with Crippen molar-refractivity contribution in [2.75, 3.05) is 0 Å². The Bertz CT molecular complexity index is 940. The van der Waals surface area contributed by atoms with Gasteiger partial charge >= 0.3 is 0 Å². The van der Waals surface area contributed by atoms with Crippen molar-refractivity contribution in [3.63, 3.8) is 0 Å². The summed E-state index contributed by atoms with van der Waals surface area (Å²) in [6, 6.07) is 16.5. The van der Waals surface area contributed by atoms with Gasteiger partial charge in [0.05, 0.1) is 5.52 Å². The molecule has 0 aliphatic carbocycles. The van der Waals surface area contributed by atoms with E-state index in [9.17, 15) is 0 Å². The molecule has 0 bridgehead atoms. The minimum atomic E-state index is 0.790. The van der Waals surface area contributed by atoms with E-state index in [1.165, 1.54) is 27.1 Å². The van der Waals surface area contributed by atoms with Gasteiger partial charge in [-0.15, -0.1) is 0 Å². The largest absolute Gasteiger partial charge is 0.354 e. The molecule has 4 rings (SSSR count). The van der Waals surface area contributed by atoms with Crippen LogP contribution in [0.5, 0.6) is 0 Å². The molecule has 0 spiro atoms. The number of hydrogen-bond acceptors (Lipinski definition) is 0. The number of aromatic nitrogens is 1. The average Bonchev–Trinajstić information content (AvgIpc) is 2.78. The molecule has 1 nitrogen and oxygen atoms in total. The van der Waals surface area contributed by atoms with Crippen LogP contribution in [0.15, 0.2) is 53.0 Å². The number of halogens is 1. The Morgan fingerprint density at radius 3 is 2.47 bits per heavy atom. The number of rotatable bonds is 0. The molecular formula is C16H9BBrN. The van der Waals surface area contributed by atoms with Gasteiger partial charge in [-0.3, -0.25) is 0 Å². The smallest absolute Gasteiger partial charge is 0.113 e. The van der Waals surface area contributed by atoms with Gasteiger partial charge in [0.2, 0.25) is 0 Å². The van der Waals surface area contributed by atoms with Gasteiger partial charge in [-0.25, -0.2) is 0 Å². The highest BCUT2D eigenvalue weighted by molar-refractivity contribution is 9.10. The van der Waals surface area contributed by atoms with E-state index in [2.05, 4.69) is 51.2 Å². The Balaban J connectivity index is 2.32. The van der Waals surface area contributed by atoms with E-state index in [0.717, 1.165) is 15.5 Å². The Labute approximate surface area is 120 Å². The SMILES string of the molecule is [B]c1ccc2[nH]c3c4ccccc4c(Br)cc3c2c1. The summed E-state index contributed by atoms with van der Waals surface area (Å²) >= 11 is 3.66. The summed E-state index contributed by atoms with van der Waals surface area (Å²) < 4.78 is 1.11. The van der Waals surface area contributed by atoms with Crippen molar-refractivity contribution in [3.8, 4) is 0 Å². The topological polar surface area (TPSA) is 15.8 Å². The molecule has 0 saturated carbocycles. The first-order chi connectivity index (χ1) is 9.24. The zero-order valence-corrected chi connectivity index (χ0v) is 11.7. The zero-order chi connectivity index (χ0) is 13.0. The third-order valence-electron chi connectivity index (χ3n) is 3.59. The lowest BCUT2D eigenvalue weighted by Crippen LogP contribution is -1.98. The maximum atomic E-state index is 5.90. The molecule has 0 atom stereocenters. The fourth-order valence-electron chi connectivity index (χ4n) is 2.71. The molecule has 1 aromatic heterocycles. The average molecular weight is 306 g/mol. The van der Waals surface area contributed by atoms with Gasteiger partial charge in [-0.1, -0.05) is 57.8 Å². The fraction of sp³-hybridized carbons (Fsp3) is 0. The predicted octanol–water partition coefficient (Wildman–Crippen LogP) is 4.03. The lowest BCUT2D eigenvalue weighted by Gasteiger charge is -2.02. The quantitative estimate of drug-likeness (QED) is 0.472. The number of H-pyrrole nitrogens is 1. The molecule has 0 aliphatic rings. The second kappa shape index (κ2) is 3.88. The summed E-state index contributed by atoms with van der Waals surface area (Å²) in [6.07, 6.45) is 0. The Morgan fingerprint density at radius 2 is 1.63 bits per heavy atom. The predicted molar refractivity (Wildman–Crippen MR) is 86.4 cm³/mol. The summed E-state index contributed by atoms with van der Waals surface area (Å²) in [6.45, 7) is 0. The number of fused-ring (bicyclic) bond motifs is 5. The van der Waals surface area contributed by atoms with Gasteiger partial charge in [0.15, 0.2) is 0 Å². The maximum absolute atomic E-state index is 5.90. The summed E-state index contributed by atoms with van der Waals surface area (Å²) in [7, 11) is 5.90. The second-order valence-corrected chi connectivity index (χ2v) is 5.61. The van der Waals surface area contributed by atoms with Gasteiger partial charge in [-0.05, 0) is 17.5 Å². The van der Waals surface area contributed by atoms with Crippen LogP contribution in [0, 0.1) is 0 Å². The molecule has 3 aromatic carbocycles. The number of hydrogen-bond donors (Lipinski definition) is 1. The number of aromatic amines is 1. The molecule has 0 amide bonds. The van der Waals surface area contributed by atoms with Gasteiger partial charge in [0.25, 0.3) is 0 Å². The molecule has 4 aromatic rings. The van der Waals surface area contributed by atoms with Crippen molar-refractivity contribution in [2.24, 2.45) is 0 Å². The lowest BCUT2D eigenvalue weighted by atomic mass is 9.94. The van der Waals surface area contributed by atoms with Gasteiger partial charge < -0.3 is 4.98 Å². The summed E-state index contributed by atoms with van der Waals surface area (Å²) in [5.74, 6) is 0. The third kappa shape index (κ3) is 1.55. The zero-order valence-electron chi connectivity index (χ0n) is 10.1. The maximum Gasteiger partial charge on any atom is 0.113 e. The van der Waals surface area contributed by atoms with E-state index in [0.29, 0.717) is 0 Å². The first-order valence-electron chi connectivity index (χ1n) is 6.12. The molecule has 0 aliphatic heterocycles. The molecule has 88 valence electrons. The molecule has 0 fully saturated rings. The monoisotopic (exact) mass is 305 g/mol. The standard InChI is InChI=1S/C16H9BBrN/c17-9-5-6-15-12(7-9)13-8-14(18)10-3-1-2-4-11(10)16(13)19-15/h1-8,19H. The summed E-state index contributed by atoms with van der Waals surface area (Å²) in [5, 5.41) is 4.81. The van der Waals surface area contributed by atoms with Gasteiger partial charge in [-0.2, -0.15) is 0 Å². The molecule has 0 saturated heterocycles. The van der Waals surface area contributed by atoms with Crippen LogP contribution in [0.25, 0.3) is 32.6 Å². The highest BCUT2D eigenvalue weighted by Gasteiger charge is 2.09. The van der Waals surface area contributed by atoms with Crippen LogP contribution >= 0.6 is 15.9 Å². The van der Waals surface area contributed by atoms with Crippen molar-refractivity contribution in [1.82, 2.24) is 4.98 Å². The van der Waals surface area contributed by atoms with Crippen LogP contribution in [-0.4, -0.2) is 12.8 Å². The molecular weight excluding hydrogens is 297 g/mol. The highest BCUT2D eigenvalue weighted by atomic mass is 79.9. The minimum absolute atomic E-state index is 0.790. The van der Waals surface area contributed by atoms with E-state index in [1.54, 1.807) is 0 Å². The van der Waals surface area contributed by atoms with Crippen LogP contribution in [-0.2, 0) is 0 Å². The summed E-state index contributed by atoms with van der Waals surface area (Å²) in [5.41, 5.74) is 3.07. The van der Waals surface area contributed by atoms with E-state index in [1.807, 2.05) is 18.2 Å². The molecule has 1 heterocycles. The van der Waals surface area contributed by atoms with Crippen molar-refractivity contribution in [2.45, 2.75) is 0 Å². The molecule has 0 unspecified atom stereocenters. The number of nitrogens with one attached hydrogen (secondary N) is 1. The summed E-state index contributed by atoms with van der Waals surface area (Å²) in [4.78, 5) is 3.50. The van der Waals surface area contributed by atoms with E-state index >= 15 is 0 Å².